The molecule has 0 aliphatic carbocycles. The summed E-state index contributed by atoms with van der Waals surface area (Å²) < 4.78 is 15.3. The first-order valence-electron chi connectivity index (χ1n) is 11.4. The Bertz CT molecular complexity index is 1100. The van der Waals surface area contributed by atoms with E-state index in [1.807, 2.05) is 45.1 Å². The van der Waals surface area contributed by atoms with Gasteiger partial charge in [0.25, 0.3) is 0 Å². The third-order valence-electron chi connectivity index (χ3n) is 5.95. The van der Waals surface area contributed by atoms with Gasteiger partial charge in [-0.1, -0.05) is 36.0 Å². The van der Waals surface area contributed by atoms with Gasteiger partial charge in [0.05, 0.1) is 7.11 Å². The molecule has 5 atom stereocenters. The van der Waals surface area contributed by atoms with E-state index in [-0.39, 0.29) is 0 Å². The van der Waals surface area contributed by atoms with Crippen molar-refractivity contribution in [2.24, 2.45) is 0 Å². The zero-order valence-corrected chi connectivity index (χ0v) is 21.3. The molecular weight excluding hydrogens is 468 g/mol. The summed E-state index contributed by atoms with van der Waals surface area (Å²) >= 11 is 0. The molecule has 4 N–H and O–H groups in total. The van der Waals surface area contributed by atoms with Gasteiger partial charge in [0.2, 0.25) is 6.29 Å². The van der Waals surface area contributed by atoms with Crippen molar-refractivity contribution >= 4 is 18.0 Å². The summed E-state index contributed by atoms with van der Waals surface area (Å²) in [6, 6.07) is 2.01. The molecule has 0 radical (unpaired) electrons. The summed E-state index contributed by atoms with van der Waals surface area (Å²) in [4.78, 5) is 23.3. The lowest BCUT2D eigenvalue weighted by atomic mass is 9.96. The smallest absolute Gasteiger partial charge is 0.335 e. The summed E-state index contributed by atoms with van der Waals surface area (Å²) in [6.07, 6.45) is 1.34. The Balaban J connectivity index is 2.03. The van der Waals surface area contributed by atoms with Gasteiger partial charge >= 0.3 is 11.9 Å². The van der Waals surface area contributed by atoms with E-state index in [2.05, 4.69) is 6.92 Å². The number of esters is 1. The van der Waals surface area contributed by atoms with Crippen molar-refractivity contribution in [3.63, 3.8) is 0 Å². The van der Waals surface area contributed by atoms with Crippen LogP contribution in [0.25, 0.3) is 6.08 Å². The van der Waals surface area contributed by atoms with Gasteiger partial charge in [-0.15, -0.1) is 0 Å². The number of carbonyl (C=O) groups excluding carboxylic acids is 1. The van der Waals surface area contributed by atoms with E-state index in [1.54, 1.807) is 26.2 Å². The molecule has 1 fully saturated rings. The highest BCUT2D eigenvalue weighted by Gasteiger charge is 2.48. The normalized spacial score (nSPS) is 25.4. The zero-order valence-electron chi connectivity index (χ0n) is 21.3. The van der Waals surface area contributed by atoms with Crippen LogP contribution >= 0.6 is 0 Å². The lowest BCUT2D eigenvalue weighted by molar-refractivity contribution is -0.284. The highest BCUT2D eigenvalue weighted by Crippen LogP contribution is 2.28. The maximum atomic E-state index is 12.2. The number of hydrogen-bond acceptors (Lipinski definition) is 8. The number of carboxylic acids is 1. The van der Waals surface area contributed by atoms with Crippen molar-refractivity contribution in [2.75, 3.05) is 7.11 Å². The number of methoxy groups -OCH3 is 1. The van der Waals surface area contributed by atoms with Gasteiger partial charge < -0.3 is 34.6 Å². The third kappa shape index (κ3) is 7.14. The van der Waals surface area contributed by atoms with Gasteiger partial charge in [-0.2, -0.15) is 0 Å². The second-order valence-electron chi connectivity index (χ2n) is 8.72. The number of ether oxygens (including phenoxy) is 3. The number of aliphatic hydroxyl groups excluding tert-OH is 3. The minimum absolute atomic E-state index is 0.520. The van der Waals surface area contributed by atoms with Crippen LogP contribution in [0.3, 0.4) is 0 Å². The minimum Gasteiger partial charge on any atom is -0.496 e. The number of aliphatic carboxylic acids is 1. The van der Waals surface area contributed by atoms with E-state index in [4.69, 9.17) is 19.3 Å². The van der Waals surface area contributed by atoms with Gasteiger partial charge in [0, 0.05) is 6.08 Å². The Labute approximate surface area is 210 Å². The van der Waals surface area contributed by atoms with Gasteiger partial charge in [-0.25, -0.2) is 9.59 Å². The molecule has 2 rings (SSSR count). The molecular formula is C27H34O9. The Morgan fingerprint density at radius 2 is 1.64 bits per heavy atom. The molecule has 0 unspecified atom stereocenters. The van der Waals surface area contributed by atoms with Crippen molar-refractivity contribution in [2.45, 2.75) is 65.3 Å². The van der Waals surface area contributed by atoms with E-state index in [0.717, 1.165) is 39.7 Å². The molecule has 1 aromatic rings. The molecule has 1 saturated heterocycles. The van der Waals surface area contributed by atoms with Crippen LogP contribution in [0.15, 0.2) is 47.6 Å². The molecule has 0 spiro atoms. The second kappa shape index (κ2) is 12.6. The van der Waals surface area contributed by atoms with Crippen molar-refractivity contribution in [1.29, 1.82) is 0 Å². The molecule has 1 aromatic carbocycles. The Kier molecular flexibility index (Phi) is 10.2. The first-order chi connectivity index (χ1) is 16.9. The molecule has 36 heavy (non-hydrogen) atoms. The van der Waals surface area contributed by atoms with Crippen molar-refractivity contribution in [3.05, 3.63) is 69.8 Å². The van der Waals surface area contributed by atoms with Gasteiger partial charge in [-0.3, -0.25) is 0 Å². The van der Waals surface area contributed by atoms with Crippen LogP contribution in [-0.2, 0) is 19.1 Å². The number of benzene rings is 1. The molecule has 0 saturated carbocycles. The number of aliphatic hydroxyl groups is 3. The number of hydrogen-bond donors (Lipinski definition) is 4. The van der Waals surface area contributed by atoms with Gasteiger partial charge in [0.15, 0.2) is 6.10 Å². The number of carbonyl (C=O) groups is 2. The molecule has 1 aliphatic rings. The van der Waals surface area contributed by atoms with E-state index in [1.165, 1.54) is 0 Å². The Morgan fingerprint density at radius 1 is 0.972 bits per heavy atom. The molecule has 1 heterocycles. The average Bonchev–Trinajstić information content (AvgIpc) is 2.81. The van der Waals surface area contributed by atoms with Crippen LogP contribution in [0.2, 0.25) is 0 Å². The molecule has 0 amide bonds. The number of aryl methyl sites for hydroxylation is 1. The fourth-order valence-corrected chi connectivity index (χ4v) is 3.69. The lowest BCUT2D eigenvalue weighted by Crippen LogP contribution is -2.60. The quantitative estimate of drug-likeness (QED) is 0.240. The van der Waals surface area contributed by atoms with Gasteiger partial charge in [0.1, 0.15) is 24.1 Å². The van der Waals surface area contributed by atoms with Crippen molar-refractivity contribution in [1.82, 2.24) is 0 Å². The Hall–Kier alpha value is -3.24. The summed E-state index contributed by atoms with van der Waals surface area (Å²) in [7, 11) is 1.66. The fourth-order valence-electron chi connectivity index (χ4n) is 3.69. The first kappa shape index (κ1) is 29.0. The molecule has 9 heteroatoms. The number of rotatable bonds is 8. The standard InChI is InChI=1S/C27H34O9/c1-14(10-11-19-16(3)13-20(34-6)18(5)17(19)4)8-7-9-15(2)12-21(28)35-27-24(31)22(29)23(30)25(36-27)26(32)33/h7-13,22-25,27,29-31H,1-6H3,(H,32,33)/b9-7+,11-10+,14-8+,15-12-/t22-,23-,24+,25-,27+/m0/s1. The maximum absolute atomic E-state index is 12.2. The van der Waals surface area contributed by atoms with Crippen LogP contribution in [-0.4, -0.2) is 70.2 Å². The first-order valence-corrected chi connectivity index (χ1v) is 11.4. The fraction of sp³-hybridized carbons (Fsp3) is 0.407. The largest absolute Gasteiger partial charge is 0.496 e. The second-order valence-corrected chi connectivity index (χ2v) is 8.72. The minimum atomic E-state index is -1.86. The molecule has 9 nitrogen and oxygen atoms in total. The van der Waals surface area contributed by atoms with E-state index < -0.39 is 42.6 Å². The predicted molar refractivity (Wildman–Crippen MR) is 133 cm³/mol. The van der Waals surface area contributed by atoms with Gasteiger partial charge in [-0.05, 0) is 68.5 Å². The van der Waals surface area contributed by atoms with E-state index in [9.17, 15) is 24.9 Å². The molecule has 0 aromatic heterocycles. The monoisotopic (exact) mass is 502 g/mol. The third-order valence-corrected chi connectivity index (χ3v) is 5.95. The summed E-state index contributed by atoms with van der Waals surface area (Å²) in [5.41, 5.74) is 5.96. The lowest BCUT2D eigenvalue weighted by Gasteiger charge is -2.37. The van der Waals surface area contributed by atoms with E-state index >= 15 is 0 Å². The van der Waals surface area contributed by atoms with Crippen LogP contribution in [0, 0.1) is 20.8 Å². The Morgan fingerprint density at radius 3 is 2.25 bits per heavy atom. The number of carboxylic acid groups (broad SMARTS) is 1. The molecule has 196 valence electrons. The number of allylic oxidation sites excluding steroid dienone is 6. The van der Waals surface area contributed by atoms with Crippen molar-refractivity contribution in [3.8, 4) is 5.75 Å². The maximum Gasteiger partial charge on any atom is 0.335 e. The summed E-state index contributed by atoms with van der Waals surface area (Å²) in [5, 5.41) is 38.5. The summed E-state index contributed by atoms with van der Waals surface area (Å²) in [5.74, 6) is -1.61. The SMILES string of the molecule is COc1cc(C)c(/C=C/C(C)=C/C=C/C(C)=C\C(=O)O[C@@H]2O[C@H](C(=O)O)[C@@H](O)[C@H](O)[C@H]2O)c(C)c1C. The van der Waals surface area contributed by atoms with Crippen molar-refractivity contribution < 1.29 is 44.2 Å². The summed E-state index contributed by atoms with van der Waals surface area (Å²) in [6.45, 7) is 9.70. The van der Waals surface area contributed by atoms with Crippen LogP contribution < -0.4 is 4.74 Å². The van der Waals surface area contributed by atoms with E-state index in [0.29, 0.717) is 5.57 Å². The average molecular weight is 503 g/mol. The zero-order chi connectivity index (χ0) is 27.2. The highest BCUT2D eigenvalue weighted by molar-refractivity contribution is 5.83. The van der Waals surface area contributed by atoms with Crippen LogP contribution in [0.5, 0.6) is 5.75 Å². The van der Waals surface area contributed by atoms with Crippen LogP contribution in [0.1, 0.15) is 36.1 Å². The topological polar surface area (TPSA) is 143 Å². The molecule has 0 bridgehead atoms. The predicted octanol–water partition coefficient (Wildman–Crippen LogP) is 2.52. The molecule has 1 aliphatic heterocycles. The van der Waals surface area contributed by atoms with Crippen LogP contribution in [0.4, 0.5) is 0 Å². The highest BCUT2D eigenvalue weighted by atomic mass is 16.7.